The maximum Gasteiger partial charge on any atom is 0.247 e. The Kier molecular flexibility index (Phi) is 8.35. The maximum absolute atomic E-state index is 13.0. The molecule has 0 unspecified atom stereocenters. The van der Waals surface area contributed by atoms with E-state index in [0.717, 1.165) is 82.3 Å². The number of thioether (sulfide) groups is 1. The molecule has 3 aliphatic heterocycles. The van der Waals surface area contributed by atoms with E-state index in [2.05, 4.69) is 68.0 Å². The first kappa shape index (κ1) is 29.6. The lowest BCUT2D eigenvalue weighted by molar-refractivity contribution is -0.133. The van der Waals surface area contributed by atoms with Gasteiger partial charge in [-0.05, 0) is 48.9 Å². The Morgan fingerprint density at radius 3 is 2.76 bits per heavy atom. The van der Waals surface area contributed by atoms with Gasteiger partial charge in [0.2, 0.25) is 11.9 Å². The van der Waals surface area contributed by atoms with Gasteiger partial charge in [-0.1, -0.05) is 12.1 Å². The minimum absolute atomic E-state index is 0.0859. The number of nitrogens with zero attached hydrogens (tertiary/aromatic N) is 9. The molecule has 45 heavy (non-hydrogen) atoms. The molecule has 1 amide bonds. The Morgan fingerprint density at radius 2 is 1.98 bits per heavy atom. The fraction of sp³-hybridized carbons (Fsp3) is 0.469. The molecule has 3 fully saturated rings. The number of hydrogen-bond acceptors (Lipinski definition) is 10. The first-order valence-electron chi connectivity index (χ1n) is 15.5. The van der Waals surface area contributed by atoms with E-state index in [1.165, 1.54) is 10.5 Å². The van der Waals surface area contributed by atoms with E-state index in [4.69, 9.17) is 9.72 Å². The molecule has 0 bridgehead atoms. The molecule has 1 N–H and O–H groups in total. The van der Waals surface area contributed by atoms with Crippen LogP contribution in [0.2, 0.25) is 0 Å². The highest BCUT2D eigenvalue weighted by Crippen LogP contribution is 2.42. The summed E-state index contributed by atoms with van der Waals surface area (Å²) in [7, 11) is 0. The molecule has 3 saturated heterocycles. The third-order valence-corrected chi connectivity index (χ3v) is 10.1. The summed E-state index contributed by atoms with van der Waals surface area (Å²) in [5.74, 6) is 0.540. The van der Waals surface area contributed by atoms with Crippen molar-refractivity contribution >= 4 is 40.6 Å². The summed E-state index contributed by atoms with van der Waals surface area (Å²) in [6.45, 7) is 6.80. The molecule has 0 aliphatic carbocycles. The Morgan fingerprint density at radius 1 is 1.16 bits per heavy atom. The van der Waals surface area contributed by atoms with E-state index in [1.54, 1.807) is 27.2 Å². The number of morpholine rings is 1. The summed E-state index contributed by atoms with van der Waals surface area (Å²) < 4.78 is 8.92. The largest absolute Gasteiger partial charge is 0.379 e. The van der Waals surface area contributed by atoms with Crippen LogP contribution in [0.5, 0.6) is 0 Å². The Bertz CT molecular complexity index is 1690. The van der Waals surface area contributed by atoms with Crippen molar-refractivity contribution in [2.24, 2.45) is 0 Å². The van der Waals surface area contributed by atoms with Crippen LogP contribution in [0.1, 0.15) is 24.8 Å². The van der Waals surface area contributed by atoms with Gasteiger partial charge in [-0.25, -0.2) is 4.52 Å². The molecule has 12 nitrogen and oxygen atoms in total. The minimum atomic E-state index is -0.209. The number of amides is 1. The van der Waals surface area contributed by atoms with Gasteiger partial charge in [0.15, 0.2) is 5.65 Å². The lowest BCUT2D eigenvalue weighted by Gasteiger charge is -2.50. The first-order chi connectivity index (χ1) is 22.0. The number of fused-ring (bicyclic) bond motifs is 1. The number of pyridine rings is 1. The zero-order valence-corrected chi connectivity index (χ0v) is 26.3. The third-order valence-electron chi connectivity index (χ3n) is 9.33. The molecule has 234 valence electrons. The van der Waals surface area contributed by atoms with Crippen LogP contribution in [0.4, 0.5) is 17.3 Å². The second kappa shape index (κ2) is 12.7. The monoisotopic (exact) mass is 626 g/mol. The number of benzene rings is 1. The minimum Gasteiger partial charge on any atom is -0.379 e. The van der Waals surface area contributed by atoms with Gasteiger partial charge < -0.3 is 19.9 Å². The topological polar surface area (TPSA) is 120 Å². The van der Waals surface area contributed by atoms with Gasteiger partial charge in [0.25, 0.3) is 0 Å². The van der Waals surface area contributed by atoms with Crippen molar-refractivity contribution in [2.45, 2.75) is 42.2 Å². The fourth-order valence-electron chi connectivity index (χ4n) is 6.85. The van der Waals surface area contributed by atoms with Crippen molar-refractivity contribution in [3.05, 3.63) is 60.6 Å². The third kappa shape index (κ3) is 6.10. The zero-order valence-electron chi connectivity index (χ0n) is 25.5. The summed E-state index contributed by atoms with van der Waals surface area (Å²) in [6, 6.07) is 15.5. The van der Waals surface area contributed by atoms with E-state index < -0.39 is 0 Å². The average Bonchev–Trinajstić information content (AvgIpc) is 3.69. The van der Waals surface area contributed by atoms with Crippen molar-refractivity contribution < 1.29 is 9.53 Å². The van der Waals surface area contributed by atoms with Crippen LogP contribution in [0.15, 0.2) is 59.9 Å². The van der Waals surface area contributed by atoms with E-state index in [1.807, 2.05) is 23.4 Å². The van der Waals surface area contributed by atoms with Crippen molar-refractivity contribution in [1.29, 1.82) is 5.26 Å². The predicted octanol–water partition coefficient (Wildman–Crippen LogP) is 3.39. The normalized spacial score (nSPS) is 18.9. The van der Waals surface area contributed by atoms with Gasteiger partial charge >= 0.3 is 0 Å². The molecular weight excluding hydrogens is 588 g/mol. The SMILES string of the molecule is CSc1cccc(C2(CC#N)CN(c3cccn4nc(Nc5cnn(CC(=O)N6CCC(N7CCOCC7)CC6)c5)nc34)C2)c1. The molecule has 3 aliphatic rings. The van der Waals surface area contributed by atoms with Gasteiger partial charge in [-0.3, -0.25) is 14.4 Å². The molecule has 13 heteroatoms. The van der Waals surface area contributed by atoms with E-state index in [9.17, 15) is 10.1 Å². The number of likely N-dealkylation sites (tertiary alicyclic amines) is 1. The van der Waals surface area contributed by atoms with Gasteiger partial charge in [0, 0.05) is 74.4 Å². The molecule has 0 radical (unpaired) electrons. The first-order valence-corrected chi connectivity index (χ1v) is 16.8. The molecule has 6 heterocycles. The highest BCUT2D eigenvalue weighted by molar-refractivity contribution is 7.98. The second-order valence-electron chi connectivity index (χ2n) is 12.1. The number of nitriles is 1. The van der Waals surface area contributed by atoms with Gasteiger partial charge in [0.1, 0.15) is 6.54 Å². The molecule has 0 atom stereocenters. The van der Waals surface area contributed by atoms with E-state index in [0.29, 0.717) is 18.4 Å². The fourth-order valence-corrected chi connectivity index (χ4v) is 7.31. The number of hydrogen-bond donors (Lipinski definition) is 1. The standard InChI is InChI=1S/C32H38N10O2S/c1-45-27-5-2-4-24(18-27)32(9-10-33)22-40(23-32)28-6-3-11-42-30(28)36-31(37-42)35-25-19-34-41(20-25)21-29(43)39-12-7-26(8-13-39)38-14-16-44-17-15-38/h2-6,11,18-20,26H,7-9,12-17,21-23H2,1H3,(H,35,37). The lowest BCUT2D eigenvalue weighted by atomic mass is 9.71. The second-order valence-corrected chi connectivity index (χ2v) is 13.0. The molecule has 3 aromatic heterocycles. The van der Waals surface area contributed by atoms with Gasteiger partial charge in [-0.2, -0.15) is 15.3 Å². The van der Waals surface area contributed by atoms with Crippen LogP contribution < -0.4 is 10.2 Å². The maximum atomic E-state index is 13.0. The van der Waals surface area contributed by atoms with Crippen molar-refractivity contribution in [1.82, 2.24) is 34.2 Å². The number of aromatic nitrogens is 5. The summed E-state index contributed by atoms with van der Waals surface area (Å²) in [4.78, 5) is 25.8. The quantitative estimate of drug-likeness (QED) is 0.277. The van der Waals surface area contributed by atoms with Crippen LogP contribution in [0.3, 0.4) is 0 Å². The summed E-state index contributed by atoms with van der Waals surface area (Å²) in [5, 5.41) is 22.0. The molecule has 0 saturated carbocycles. The average molecular weight is 627 g/mol. The van der Waals surface area contributed by atoms with Crippen LogP contribution in [0.25, 0.3) is 5.65 Å². The highest BCUT2D eigenvalue weighted by Gasteiger charge is 2.45. The Balaban J connectivity index is 0.979. The highest BCUT2D eigenvalue weighted by atomic mass is 32.2. The van der Waals surface area contributed by atoms with E-state index in [-0.39, 0.29) is 17.9 Å². The van der Waals surface area contributed by atoms with Crippen molar-refractivity contribution in [2.75, 3.05) is 69.0 Å². The molecule has 1 aromatic carbocycles. The smallest absolute Gasteiger partial charge is 0.247 e. The van der Waals surface area contributed by atoms with Crippen molar-refractivity contribution in [3.63, 3.8) is 0 Å². The molecule has 0 spiro atoms. The number of ether oxygens (including phenoxy) is 1. The van der Waals surface area contributed by atoms with Crippen LogP contribution >= 0.6 is 11.8 Å². The Hall–Kier alpha value is -4.12. The molecule has 7 rings (SSSR count). The summed E-state index contributed by atoms with van der Waals surface area (Å²) >= 11 is 1.71. The number of piperidine rings is 1. The predicted molar refractivity (Wildman–Crippen MR) is 173 cm³/mol. The van der Waals surface area contributed by atoms with E-state index >= 15 is 0 Å². The number of nitrogens with one attached hydrogen (secondary N) is 1. The van der Waals surface area contributed by atoms with Crippen LogP contribution in [-0.2, 0) is 21.5 Å². The number of rotatable bonds is 9. The van der Waals surface area contributed by atoms with Gasteiger partial charge in [0.05, 0.1) is 36.9 Å². The molecular formula is C32H38N10O2S. The number of anilines is 3. The lowest BCUT2D eigenvalue weighted by Crippen LogP contribution is -2.59. The van der Waals surface area contributed by atoms with Gasteiger partial charge in [-0.15, -0.1) is 16.9 Å². The Labute approximate surface area is 266 Å². The number of carbonyl (C=O) groups is 1. The zero-order chi connectivity index (χ0) is 30.8. The number of carbonyl (C=O) groups excluding carboxylic acids is 1. The summed E-state index contributed by atoms with van der Waals surface area (Å²) in [6.07, 6.45) is 9.93. The van der Waals surface area contributed by atoms with Crippen LogP contribution in [-0.4, -0.2) is 105 Å². The summed E-state index contributed by atoms with van der Waals surface area (Å²) in [5.41, 5.74) is 3.43. The molecule has 4 aromatic rings. The van der Waals surface area contributed by atoms with Crippen molar-refractivity contribution in [3.8, 4) is 6.07 Å². The van der Waals surface area contributed by atoms with Crippen LogP contribution in [0, 0.1) is 11.3 Å².